The first-order valence-corrected chi connectivity index (χ1v) is 8.06. The Bertz CT molecular complexity index is 304. The van der Waals surface area contributed by atoms with Gasteiger partial charge in [0.15, 0.2) is 0 Å². The van der Waals surface area contributed by atoms with Crippen molar-refractivity contribution in [2.24, 2.45) is 11.1 Å². The summed E-state index contributed by atoms with van der Waals surface area (Å²) in [5.74, 6) is 0.184. The molecular weight excluding hydrogens is 268 g/mol. The first-order chi connectivity index (χ1) is 10.1. The number of rotatable bonds is 9. The second kappa shape index (κ2) is 9.38. The first-order valence-electron chi connectivity index (χ1n) is 8.06. The molecule has 0 heterocycles. The summed E-state index contributed by atoms with van der Waals surface area (Å²) in [6, 6.07) is 0.0658. The molecule has 0 aromatic carbocycles. The van der Waals surface area contributed by atoms with E-state index in [-0.39, 0.29) is 17.4 Å². The van der Waals surface area contributed by atoms with Crippen molar-refractivity contribution in [2.75, 3.05) is 40.5 Å². The Morgan fingerprint density at radius 2 is 1.90 bits per heavy atom. The summed E-state index contributed by atoms with van der Waals surface area (Å²) in [6.45, 7) is 4.34. The van der Waals surface area contributed by atoms with Crippen molar-refractivity contribution >= 4 is 5.91 Å². The molecular formula is C16H32N2O3. The highest BCUT2D eigenvalue weighted by Crippen LogP contribution is 2.38. The highest BCUT2D eigenvalue weighted by atomic mass is 16.5. The van der Waals surface area contributed by atoms with E-state index in [1.807, 2.05) is 11.8 Å². The zero-order chi connectivity index (χ0) is 15.7. The third-order valence-corrected chi connectivity index (χ3v) is 4.67. The maximum atomic E-state index is 12.8. The number of nitrogens with zero attached hydrogens (tertiary/aromatic N) is 1. The van der Waals surface area contributed by atoms with E-state index in [4.69, 9.17) is 15.2 Å². The minimum absolute atomic E-state index is 0.00739. The minimum Gasteiger partial charge on any atom is -0.383 e. The van der Waals surface area contributed by atoms with Gasteiger partial charge in [-0.2, -0.15) is 0 Å². The predicted molar refractivity (Wildman–Crippen MR) is 84.1 cm³/mol. The molecule has 1 aliphatic carbocycles. The molecule has 0 spiro atoms. The SMILES string of the molecule is COCCN(C(=O)CC1(CN)CCCCC1)C(C)COC. The molecule has 0 radical (unpaired) electrons. The molecule has 5 nitrogen and oxygen atoms in total. The number of hydrogen-bond acceptors (Lipinski definition) is 4. The summed E-state index contributed by atoms with van der Waals surface area (Å²) in [5.41, 5.74) is 6.01. The topological polar surface area (TPSA) is 64.8 Å². The molecule has 1 amide bonds. The third kappa shape index (κ3) is 5.57. The van der Waals surface area contributed by atoms with Crippen molar-refractivity contribution in [3.05, 3.63) is 0 Å². The number of nitrogens with two attached hydrogens (primary N) is 1. The van der Waals surface area contributed by atoms with E-state index in [0.29, 0.717) is 32.7 Å². The lowest BCUT2D eigenvalue weighted by molar-refractivity contribution is -0.138. The van der Waals surface area contributed by atoms with Crippen LogP contribution in [0.3, 0.4) is 0 Å². The fraction of sp³-hybridized carbons (Fsp3) is 0.938. The first kappa shape index (κ1) is 18.4. The van der Waals surface area contributed by atoms with Crippen LogP contribution < -0.4 is 5.73 Å². The average molecular weight is 300 g/mol. The molecule has 1 atom stereocenters. The second-order valence-corrected chi connectivity index (χ2v) is 6.33. The maximum Gasteiger partial charge on any atom is 0.223 e. The zero-order valence-corrected chi connectivity index (χ0v) is 13.9. The summed E-state index contributed by atoms with van der Waals surface area (Å²) in [5, 5.41) is 0. The second-order valence-electron chi connectivity index (χ2n) is 6.33. The van der Waals surface area contributed by atoms with Crippen LogP contribution in [-0.2, 0) is 14.3 Å². The highest BCUT2D eigenvalue weighted by molar-refractivity contribution is 5.77. The summed E-state index contributed by atoms with van der Waals surface area (Å²) < 4.78 is 10.3. The maximum absolute atomic E-state index is 12.8. The van der Waals surface area contributed by atoms with Gasteiger partial charge in [-0.25, -0.2) is 0 Å². The molecule has 0 saturated heterocycles. The quantitative estimate of drug-likeness (QED) is 0.705. The van der Waals surface area contributed by atoms with Crippen LogP contribution in [0.2, 0.25) is 0 Å². The molecule has 1 aliphatic rings. The molecule has 1 fully saturated rings. The van der Waals surface area contributed by atoms with Crippen LogP contribution in [0.1, 0.15) is 45.4 Å². The molecule has 5 heteroatoms. The van der Waals surface area contributed by atoms with Gasteiger partial charge in [-0.3, -0.25) is 4.79 Å². The van der Waals surface area contributed by atoms with Crippen LogP contribution in [0.25, 0.3) is 0 Å². The Morgan fingerprint density at radius 3 is 2.43 bits per heavy atom. The zero-order valence-electron chi connectivity index (χ0n) is 13.9. The lowest BCUT2D eigenvalue weighted by Gasteiger charge is -2.38. The Balaban J connectivity index is 2.69. The molecule has 1 unspecified atom stereocenters. The van der Waals surface area contributed by atoms with Gasteiger partial charge < -0.3 is 20.1 Å². The predicted octanol–water partition coefficient (Wildman–Crippen LogP) is 1.80. The van der Waals surface area contributed by atoms with Crippen LogP contribution in [-0.4, -0.2) is 57.4 Å². The Labute approximate surface area is 129 Å². The molecule has 21 heavy (non-hydrogen) atoms. The Kier molecular flexibility index (Phi) is 8.22. The van der Waals surface area contributed by atoms with Gasteiger partial charge in [-0.15, -0.1) is 0 Å². The number of hydrogen-bond donors (Lipinski definition) is 1. The van der Waals surface area contributed by atoms with Crippen LogP contribution in [0.5, 0.6) is 0 Å². The van der Waals surface area contributed by atoms with E-state index in [1.165, 1.54) is 19.3 Å². The van der Waals surface area contributed by atoms with Crippen molar-refractivity contribution < 1.29 is 14.3 Å². The van der Waals surface area contributed by atoms with Crippen molar-refractivity contribution in [3.63, 3.8) is 0 Å². The molecule has 0 aromatic heterocycles. The fourth-order valence-electron chi connectivity index (χ4n) is 3.29. The lowest BCUT2D eigenvalue weighted by atomic mass is 9.71. The van der Waals surface area contributed by atoms with Gasteiger partial charge in [0.1, 0.15) is 0 Å². The van der Waals surface area contributed by atoms with Gasteiger partial charge in [0, 0.05) is 27.2 Å². The molecule has 2 N–H and O–H groups in total. The van der Waals surface area contributed by atoms with Gasteiger partial charge in [-0.1, -0.05) is 19.3 Å². The van der Waals surface area contributed by atoms with Crippen LogP contribution in [0, 0.1) is 5.41 Å². The molecule has 0 bridgehead atoms. The average Bonchev–Trinajstić information content (AvgIpc) is 2.49. The normalized spacial score (nSPS) is 19.2. The van der Waals surface area contributed by atoms with Crippen LogP contribution in [0.15, 0.2) is 0 Å². The monoisotopic (exact) mass is 300 g/mol. The molecule has 0 aromatic rings. The third-order valence-electron chi connectivity index (χ3n) is 4.67. The molecule has 1 rings (SSSR count). The van der Waals surface area contributed by atoms with E-state index in [1.54, 1.807) is 14.2 Å². The van der Waals surface area contributed by atoms with Crippen molar-refractivity contribution in [1.29, 1.82) is 0 Å². The van der Waals surface area contributed by atoms with E-state index in [9.17, 15) is 4.79 Å². The fourth-order valence-corrected chi connectivity index (χ4v) is 3.29. The smallest absolute Gasteiger partial charge is 0.223 e. The van der Waals surface area contributed by atoms with Crippen molar-refractivity contribution in [1.82, 2.24) is 4.90 Å². The van der Waals surface area contributed by atoms with Crippen LogP contribution >= 0.6 is 0 Å². The summed E-state index contributed by atoms with van der Waals surface area (Å²) in [4.78, 5) is 14.6. The Morgan fingerprint density at radius 1 is 1.24 bits per heavy atom. The summed E-state index contributed by atoms with van der Waals surface area (Å²) in [7, 11) is 3.32. The molecule has 0 aliphatic heterocycles. The highest BCUT2D eigenvalue weighted by Gasteiger charge is 2.35. The van der Waals surface area contributed by atoms with E-state index in [2.05, 4.69) is 0 Å². The number of ether oxygens (including phenoxy) is 2. The van der Waals surface area contributed by atoms with E-state index in [0.717, 1.165) is 12.8 Å². The van der Waals surface area contributed by atoms with Gasteiger partial charge in [-0.05, 0) is 31.7 Å². The Hall–Kier alpha value is -0.650. The van der Waals surface area contributed by atoms with E-state index < -0.39 is 0 Å². The van der Waals surface area contributed by atoms with Gasteiger partial charge in [0.2, 0.25) is 5.91 Å². The van der Waals surface area contributed by atoms with Crippen molar-refractivity contribution in [2.45, 2.75) is 51.5 Å². The summed E-state index contributed by atoms with van der Waals surface area (Å²) >= 11 is 0. The van der Waals surface area contributed by atoms with Crippen molar-refractivity contribution in [3.8, 4) is 0 Å². The number of carbonyl (C=O) groups is 1. The van der Waals surface area contributed by atoms with Gasteiger partial charge >= 0.3 is 0 Å². The largest absolute Gasteiger partial charge is 0.383 e. The number of amides is 1. The standard InChI is InChI=1S/C16H32N2O3/c1-14(12-21-3)18(9-10-20-2)15(19)11-16(13-17)7-5-4-6-8-16/h14H,4-13,17H2,1-3H3. The van der Waals surface area contributed by atoms with Gasteiger partial charge in [0.25, 0.3) is 0 Å². The lowest BCUT2D eigenvalue weighted by Crippen LogP contribution is -2.46. The van der Waals surface area contributed by atoms with Gasteiger partial charge in [0.05, 0.1) is 19.3 Å². The summed E-state index contributed by atoms with van der Waals surface area (Å²) in [6.07, 6.45) is 6.36. The van der Waals surface area contributed by atoms with E-state index >= 15 is 0 Å². The molecule has 1 saturated carbocycles. The number of carbonyl (C=O) groups excluding carboxylic acids is 1. The van der Waals surface area contributed by atoms with Crippen LogP contribution in [0.4, 0.5) is 0 Å². The minimum atomic E-state index is 0.00739. The number of methoxy groups -OCH3 is 2. The molecule has 124 valence electrons.